The summed E-state index contributed by atoms with van der Waals surface area (Å²) in [5.41, 5.74) is 1.23. The van der Waals surface area contributed by atoms with Crippen molar-refractivity contribution in [3.63, 3.8) is 0 Å². The first kappa shape index (κ1) is 14.4. The van der Waals surface area contributed by atoms with Crippen LogP contribution in [-0.4, -0.2) is 24.7 Å². The van der Waals surface area contributed by atoms with Crippen molar-refractivity contribution < 1.29 is 4.74 Å². The fourth-order valence-electron chi connectivity index (χ4n) is 2.40. The lowest BCUT2D eigenvalue weighted by atomic mass is 10.2. The van der Waals surface area contributed by atoms with Crippen LogP contribution in [-0.2, 0) is 13.1 Å². The minimum atomic E-state index is 0.708. The number of nitrogens with one attached hydrogen (secondary N) is 1. The number of rotatable bonds is 5. The number of hydrogen-bond donors (Lipinski definition) is 1. The number of hydrogen-bond acceptors (Lipinski definition) is 5. The van der Waals surface area contributed by atoms with Gasteiger partial charge in [0, 0.05) is 29.7 Å². The van der Waals surface area contributed by atoms with Gasteiger partial charge in [-0.1, -0.05) is 25.1 Å². The number of fused-ring (bicyclic) bond motifs is 1. The maximum Gasteiger partial charge on any atom is 0.185 e. The third-order valence-electron chi connectivity index (χ3n) is 3.49. The van der Waals surface area contributed by atoms with Crippen molar-refractivity contribution in [1.29, 1.82) is 0 Å². The van der Waals surface area contributed by atoms with Gasteiger partial charge in [0.2, 0.25) is 0 Å². The molecule has 0 bridgehead atoms. The summed E-state index contributed by atoms with van der Waals surface area (Å²) in [5, 5.41) is 4.51. The van der Waals surface area contributed by atoms with E-state index in [1.807, 2.05) is 18.3 Å². The Morgan fingerprint density at radius 3 is 3.19 bits per heavy atom. The molecule has 3 rings (SSSR count). The Bertz CT molecular complexity index is 584. The minimum absolute atomic E-state index is 0.708. The molecule has 0 saturated heterocycles. The Balaban J connectivity index is 1.69. The number of nitrogens with zero attached hydrogens (tertiary/aromatic N) is 2. The van der Waals surface area contributed by atoms with E-state index in [1.165, 1.54) is 10.4 Å². The van der Waals surface area contributed by atoms with Crippen LogP contribution in [0, 0.1) is 0 Å². The second kappa shape index (κ2) is 6.91. The Morgan fingerprint density at radius 2 is 2.29 bits per heavy atom. The van der Waals surface area contributed by atoms with Crippen LogP contribution < -0.4 is 15.0 Å². The zero-order chi connectivity index (χ0) is 14.5. The highest BCUT2D eigenvalue weighted by atomic mass is 32.1. The van der Waals surface area contributed by atoms with Gasteiger partial charge in [0.1, 0.15) is 12.4 Å². The summed E-state index contributed by atoms with van der Waals surface area (Å²) in [4.78, 5) is 8.18. The van der Waals surface area contributed by atoms with Crippen LogP contribution in [0.1, 0.15) is 23.8 Å². The van der Waals surface area contributed by atoms with E-state index in [9.17, 15) is 0 Å². The molecule has 0 spiro atoms. The molecule has 0 aliphatic carbocycles. The molecule has 4 nitrogen and oxygen atoms in total. The maximum atomic E-state index is 5.81. The molecule has 0 fully saturated rings. The van der Waals surface area contributed by atoms with Crippen molar-refractivity contribution in [2.24, 2.45) is 0 Å². The smallest absolute Gasteiger partial charge is 0.185 e. The normalized spacial score (nSPS) is 14.4. The Kier molecular flexibility index (Phi) is 4.72. The van der Waals surface area contributed by atoms with Crippen LogP contribution in [0.2, 0.25) is 0 Å². The highest BCUT2D eigenvalue weighted by Crippen LogP contribution is 2.28. The topological polar surface area (TPSA) is 37.4 Å². The van der Waals surface area contributed by atoms with E-state index in [2.05, 4.69) is 34.3 Å². The fourth-order valence-corrected chi connectivity index (χ4v) is 3.31. The van der Waals surface area contributed by atoms with Gasteiger partial charge < -0.3 is 15.0 Å². The summed E-state index contributed by atoms with van der Waals surface area (Å²) in [6.45, 7) is 6.60. The van der Waals surface area contributed by atoms with Crippen molar-refractivity contribution in [2.45, 2.75) is 26.4 Å². The fraction of sp³-hybridized carbons (Fsp3) is 0.438. The minimum Gasteiger partial charge on any atom is -0.491 e. The van der Waals surface area contributed by atoms with Gasteiger partial charge in [-0.2, -0.15) is 0 Å². The first-order valence-electron chi connectivity index (χ1n) is 7.48. The molecule has 1 aromatic carbocycles. The lowest BCUT2D eigenvalue weighted by molar-refractivity contribution is 0.331. The number of thiazole rings is 1. The summed E-state index contributed by atoms with van der Waals surface area (Å²) >= 11 is 1.77. The number of para-hydroxylation sites is 1. The third-order valence-corrected chi connectivity index (χ3v) is 4.55. The van der Waals surface area contributed by atoms with Crippen LogP contribution in [0.15, 0.2) is 30.5 Å². The van der Waals surface area contributed by atoms with Crippen LogP contribution in [0.4, 0.5) is 5.13 Å². The molecule has 0 radical (unpaired) electrons. The van der Waals surface area contributed by atoms with Crippen molar-refractivity contribution in [2.75, 3.05) is 24.6 Å². The molecule has 0 unspecified atom stereocenters. The zero-order valence-corrected chi connectivity index (χ0v) is 13.2. The molecule has 2 aromatic rings. The van der Waals surface area contributed by atoms with Crippen molar-refractivity contribution >= 4 is 16.5 Å². The van der Waals surface area contributed by atoms with Gasteiger partial charge in [0.15, 0.2) is 5.13 Å². The Morgan fingerprint density at radius 1 is 1.38 bits per heavy atom. The summed E-state index contributed by atoms with van der Waals surface area (Å²) in [6.07, 6.45) is 3.15. The highest BCUT2D eigenvalue weighted by molar-refractivity contribution is 7.15. The second-order valence-corrected chi connectivity index (χ2v) is 6.26. The average Bonchev–Trinajstić information content (AvgIpc) is 2.86. The van der Waals surface area contributed by atoms with E-state index in [1.54, 1.807) is 11.3 Å². The molecular formula is C16H21N3OS. The standard InChI is InChI=1S/C16H21N3OS/c1-2-7-17-10-14-11-18-16(21-14)19-8-9-20-15-6-4-3-5-13(15)12-19/h3-6,11,17H,2,7-10,12H2,1H3. The average molecular weight is 303 g/mol. The van der Waals surface area contributed by atoms with Crippen LogP contribution in [0.5, 0.6) is 5.75 Å². The number of benzene rings is 1. The van der Waals surface area contributed by atoms with Gasteiger partial charge in [-0.25, -0.2) is 4.98 Å². The highest BCUT2D eigenvalue weighted by Gasteiger charge is 2.17. The molecule has 1 aliphatic heterocycles. The van der Waals surface area contributed by atoms with Crippen molar-refractivity contribution in [3.8, 4) is 5.75 Å². The van der Waals surface area contributed by atoms with Gasteiger partial charge >= 0.3 is 0 Å². The summed E-state index contributed by atoms with van der Waals surface area (Å²) < 4.78 is 5.81. The van der Waals surface area contributed by atoms with Gasteiger partial charge in [0.05, 0.1) is 6.54 Å². The molecule has 112 valence electrons. The van der Waals surface area contributed by atoms with E-state index in [-0.39, 0.29) is 0 Å². The lowest BCUT2D eigenvalue weighted by Crippen LogP contribution is -2.24. The predicted octanol–water partition coefficient (Wildman–Crippen LogP) is 3.04. The van der Waals surface area contributed by atoms with Crippen LogP contribution >= 0.6 is 11.3 Å². The SMILES string of the molecule is CCCNCc1cnc(N2CCOc3ccccc3C2)s1. The Labute approximate surface area is 129 Å². The zero-order valence-electron chi connectivity index (χ0n) is 12.3. The summed E-state index contributed by atoms with van der Waals surface area (Å²) in [5.74, 6) is 1.00. The van der Waals surface area contributed by atoms with E-state index >= 15 is 0 Å². The van der Waals surface area contributed by atoms with Gasteiger partial charge in [-0.15, -0.1) is 11.3 Å². The molecule has 1 aliphatic rings. The Hall–Kier alpha value is -1.59. The van der Waals surface area contributed by atoms with E-state index in [0.717, 1.165) is 43.5 Å². The van der Waals surface area contributed by atoms with E-state index in [0.29, 0.717) is 6.61 Å². The summed E-state index contributed by atoms with van der Waals surface area (Å²) in [6, 6.07) is 8.26. The molecule has 5 heteroatoms. The molecule has 1 aromatic heterocycles. The number of anilines is 1. The van der Waals surface area contributed by atoms with Crippen LogP contribution in [0.25, 0.3) is 0 Å². The summed E-state index contributed by atoms with van der Waals surface area (Å²) in [7, 11) is 0. The predicted molar refractivity (Wildman–Crippen MR) is 87.1 cm³/mol. The molecule has 0 amide bonds. The van der Waals surface area contributed by atoms with Crippen LogP contribution in [0.3, 0.4) is 0 Å². The van der Waals surface area contributed by atoms with Gasteiger partial charge in [-0.3, -0.25) is 0 Å². The second-order valence-electron chi connectivity index (χ2n) is 5.16. The van der Waals surface area contributed by atoms with E-state index < -0.39 is 0 Å². The molecule has 1 N–H and O–H groups in total. The van der Waals surface area contributed by atoms with Crippen molar-refractivity contribution in [3.05, 3.63) is 40.9 Å². The number of aromatic nitrogens is 1. The third kappa shape index (κ3) is 3.54. The van der Waals surface area contributed by atoms with Gasteiger partial charge in [-0.05, 0) is 19.0 Å². The monoisotopic (exact) mass is 303 g/mol. The molecule has 2 heterocycles. The van der Waals surface area contributed by atoms with E-state index in [4.69, 9.17) is 4.74 Å². The largest absolute Gasteiger partial charge is 0.491 e. The first-order chi connectivity index (χ1) is 10.4. The molecular weight excluding hydrogens is 282 g/mol. The maximum absolute atomic E-state index is 5.81. The molecule has 0 atom stereocenters. The van der Waals surface area contributed by atoms with Gasteiger partial charge in [0.25, 0.3) is 0 Å². The molecule has 0 saturated carbocycles. The quantitative estimate of drug-likeness (QED) is 0.862. The number of ether oxygens (including phenoxy) is 1. The van der Waals surface area contributed by atoms with Crippen molar-refractivity contribution in [1.82, 2.24) is 10.3 Å². The lowest BCUT2D eigenvalue weighted by Gasteiger charge is -2.18. The first-order valence-corrected chi connectivity index (χ1v) is 8.29. The molecule has 21 heavy (non-hydrogen) atoms.